The van der Waals surface area contributed by atoms with Crippen molar-refractivity contribution >= 4 is 23.4 Å². The van der Waals surface area contributed by atoms with Crippen molar-refractivity contribution in [1.29, 1.82) is 0 Å². The number of carbonyl (C=O) groups excluding carboxylic acids is 3. The number of rotatable bonds is 6. The van der Waals surface area contributed by atoms with Gasteiger partial charge in [-0.25, -0.2) is 0 Å². The Hall–Kier alpha value is -2.21. The average molecular weight is 303 g/mol. The van der Waals surface area contributed by atoms with Crippen LogP contribution in [0.15, 0.2) is 24.3 Å². The van der Waals surface area contributed by atoms with Crippen LogP contribution < -0.4 is 11.1 Å². The Kier molecular flexibility index (Phi) is 5.27. The summed E-state index contributed by atoms with van der Waals surface area (Å²) in [6.07, 6.45) is 1.95. The van der Waals surface area contributed by atoms with Crippen LogP contribution in [0.25, 0.3) is 0 Å². The third-order valence-electron chi connectivity index (χ3n) is 3.69. The Morgan fingerprint density at radius 2 is 1.91 bits per heavy atom. The Labute approximate surface area is 129 Å². The third-order valence-corrected chi connectivity index (χ3v) is 3.69. The maximum Gasteiger partial charge on any atom is 0.241 e. The first-order valence-corrected chi connectivity index (χ1v) is 7.50. The molecule has 0 spiro atoms. The van der Waals surface area contributed by atoms with E-state index in [9.17, 15) is 14.4 Å². The zero-order valence-electron chi connectivity index (χ0n) is 12.7. The van der Waals surface area contributed by atoms with E-state index in [0.717, 1.165) is 12.0 Å². The minimum atomic E-state index is -0.562. The number of anilines is 1. The number of imide groups is 1. The van der Waals surface area contributed by atoms with Crippen LogP contribution in [0, 0.1) is 0 Å². The first kappa shape index (κ1) is 16.2. The Morgan fingerprint density at radius 3 is 2.55 bits per heavy atom. The monoisotopic (exact) mass is 303 g/mol. The van der Waals surface area contributed by atoms with Gasteiger partial charge >= 0.3 is 0 Å². The van der Waals surface area contributed by atoms with Crippen molar-refractivity contribution in [3.63, 3.8) is 0 Å². The predicted octanol–water partition coefficient (Wildman–Crippen LogP) is 1.40. The molecule has 1 fully saturated rings. The lowest BCUT2D eigenvalue weighted by Crippen LogP contribution is -2.36. The lowest BCUT2D eigenvalue weighted by atomic mass is 10.1. The Balaban J connectivity index is 2.11. The largest absolute Gasteiger partial charge is 0.324 e. The standard InChI is InChI=1S/C16H21N3O3/c1-2-5-12(17)16(22)18-13-7-4-3-6-11(13)10-19-14(20)8-9-15(19)21/h3-4,6-7,12H,2,5,8-10,17H2,1H3,(H,18,22). The molecular formula is C16H21N3O3. The van der Waals surface area contributed by atoms with Crippen LogP contribution in [0.3, 0.4) is 0 Å². The van der Waals surface area contributed by atoms with Gasteiger partial charge in [0.25, 0.3) is 0 Å². The molecule has 1 saturated heterocycles. The highest BCUT2D eigenvalue weighted by molar-refractivity contribution is 6.02. The molecule has 0 saturated carbocycles. The van der Waals surface area contributed by atoms with Crippen LogP contribution in [-0.2, 0) is 20.9 Å². The fourth-order valence-electron chi connectivity index (χ4n) is 2.42. The van der Waals surface area contributed by atoms with E-state index in [0.29, 0.717) is 12.1 Å². The molecular weight excluding hydrogens is 282 g/mol. The lowest BCUT2D eigenvalue weighted by molar-refractivity contribution is -0.139. The highest BCUT2D eigenvalue weighted by atomic mass is 16.2. The van der Waals surface area contributed by atoms with Gasteiger partial charge in [-0.3, -0.25) is 19.3 Å². The molecule has 3 amide bonds. The van der Waals surface area contributed by atoms with Gasteiger partial charge in [-0.15, -0.1) is 0 Å². The maximum absolute atomic E-state index is 12.0. The minimum Gasteiger partial charge on any atom is -0.324 e. The zero-order chi connectivity index (χ0) is 16.1. The number of hydrogen-bond donors (Lipinski definition) is 2. The van der Waals surface area contributed by atoms with E-state index in [1.165, 1.54) is 4.90 Å². The second-order valence-corrected chi connectivity index (χ2v) is 5.42. The molecule has 1 aliphatic heterocycles. The number of nitrogens with zero attached hydrogens (tertiary/aromatic N) is 1. The predicted molar refractivity (Wildman–Crippen MR) is 82.7 cm³/mol. The van der Waals surface area contributed by atoms with Crippen LogP contribution in [-0.4, -0.2) is 28.7 Å². The molecule has 0 aromatic heterocycles. The van der Waals surface area contributed by atoms with Crippen molar-refractivity contribution in [3.8, 4) is 0 Å². The number of amides is 3. The van der Waals surface area contributed by atoms with E-state index in [4.69, 9.17) is 5.73 Å². The van der Waals surface area contributed by atoms with E-state index < -0.39 is 6.04 Å². The molecule has 0 radical (unpaired) electrons. The molecule has 1 heterocycles. The van der Waals surface area contributed by atoms with Crippen molar-refractivity contribution in [2.45, 2.75) is 45.2 Å². The number of likely N-dealkylation sites (tertiary alicyclic amines) is 1. The normalized spacial score (nSPS) is 16.0. The van der Waals surface area contributed by atoms with E-state index >= 15 is 0 Å². The molecule has 6 nitrogen and oxygen atoms in total. The highest BCUT2D eigenvalue weighted by Gasteiger charge is 2.29. The zero-order valence-corrected chi connectivity index (χ0v) is 12.7. The SMILES string of the molecule is CCCC(N)C(=O)Nc1ccccc1CN1C(=O)CCC1=O. The second kappa shape index (κ2) is 7.17. The van der Waals surface area contributed by atoms with Gasteiger partial charge < -0.3 is 11.1 Å². The van der Waals surface area contributed by atoms with E-state index in [2.05, 4.69) is 5.32 Å². The van der Waals surface area contributed by atoms with Crippen molar-refractivity contribution in [1.82, 2.24) is 4.90 Å². The topological polar surface area (TPSA) is 92.5 Å². The average Bonchev–Trinajstić information content (AvgIpc) is 2.81. The Morgan fingerprint density at radius 1 is 1.27 bits per heavy atom. The third kappa shape index (κ3) is 3.71. The number of hydrogen-bond acceptors (Lipinski definition) is 4. The van der Waals surface area contributed by atoms with Crippen LogP contribution in [0.5, 0.6) is 0 Å². The summed E-state index contributed by atoms with van der Waals surface area (Å²) in [5, 5.41) is 2.79. The number of nitrogens with two attached hydrogens (primary N) is 1. The van der Waals surface area contributed by atoms with Crippen molar-refractivity contribution < 1.29 is 14.4 Å². The van der Waals surface area contributed by atoms with E-state index in [-0.39, 0.29) is 37.1 Å². The van der Waals surface area contributed by atoms with E-state index in [1.807, 2.05) is 13.0 Å². The van der Waals surface area contributed by atoms with Crippen LogP contribution >= 0.6 is 0 Å². The molecule has 1 aromatic rings. The molecule has 1 aliphatic rings. The molecule has 0 bridgehead atoms. The van der Waals surface area contributed by atoms with Crippen molar-refractivity contribution in [2.75, 3.05) is 5.32 Å². The molecule has 1 aromatic carbocycles. The van der Waals surface area contributed by atoms with E-state index in [1.54, 1.807) is 18.2 Å². The minimum absolute atomic E-state index is 0.172. The summed E-state index contributed by atoms with van der Waals surface area (Å²) in [5.74, 6) is -0.601. The number of para-hydroxylation sites is 1. The summed E-state index contributed by atoms with van der Waals surface area (Å²) in [5.41, 5.74) is 7.12. The van der Waals surface area contributed by atoms with Gasteiger partial charge in [0.2, 0.25) is 17.7 Å². The summed E-state index contributed by atoms with van der Waals surface area (Å²) in [7, 11) is 0. The van der Waals surface area contributed by atoms with Crippen LogP contribution in [0.1, 0.15) is 38.2 Å². The van der Waals surface area contributed by atoms with Gasteiger partial charge in [-0.2, -0.15) is 0 Å². The molecule has 22 heavy (non-hydrogen) atoms. The van der Waals surface area contributed by atoms with Crippen LogP contribution in [0.4, 0.5) is 5.69 Å². The molecule has 1 atom stereocenters. The van der Waals surface area contributed by atoms with Gasteiger partial charge in [0, 0.05) is 18.5 Å². The van der Waals surface area contributed by atoms with Gasteiger partial charge in [-0.05, 0) is 18.1 Å². The lowest BCUT2D eigenvalue weighted by Gasteiger charge is -2.18. The summed E-state index contributed by atoms with van der Waals surface area (Å²) in [4.78, 5) is 36.7. The van der Waals surface area contributed by atoms with Gasteiger partial charge in [0.15, 0.2) is 0 Å². The molecule has 0 aliphatic carbocycles. The van der Waals surface area contributed by atoms with Gasteiger partial charge in [0.1, 0.15) is 0 Å². The fourth-order valence-corrected chi connectivity index (χ4v) is 2.42. The smallest absolute Gasteiger partial charge is 0.241 e. The molecule has 118 valence electrons. The van der Waals surface area contributed by atoms with Crippen LogP contribution in [0.2, 0.25) is 0 Å². The van der Waals surface area contributed by atoms with Gasteiger partial charge in [0.05, 0.1) is 12.6 Å². The fraction of sp³-hybridized carbons (Fsp3) is 0.438. The van der Waals surface area contributed by atoms with Gasteiger partial charge in [-0.1, -0.05) is 31.5 Å². The first-order valence-electron chi connectivity index (χ1n) is 7.50. The van der Waals surface area contributed by atoms with Crippen molar-refractivity contribution in [2.24, 2.45) is 5.73 Å². The quantitative estimate of drug-likeness (QED) is 0.777. The highest BCUT2D eigenvalue weighted by Crippen LogP contribution is 2.21. The number of nitrogens with one attached hydrogen (secondary N) is 1. The molecule has 1 unspecified atom stereocenters. The maximum atomic E-state index is 12.0. The molecule has 6 heteroatoms. The second-order valence-electron chi connectivity index (χ2n) is 5.42. The first-order chi connectivity index (χ1) is 10.5. The summed E-state index contributed by atoms with van der Waals surface area (Å²) in [6, 6.07) is 6.57. The summed E-state index contributed by atoms with van der Waals surface area (Å²) < 4.78 is 0. The summed E-state index contributed by atoms with van der Waals surface area (Å²) >= 11 is 0. The summed E-state index contributed by atoms with van der Waals surface area (Å²) in [6.45, 7) is 2.14. The number of carbonyl (C=O) groups is 3. The molecule has 2 rings (SSSR count). The Bertz CT molecular complexity index is 570. The van der Waals surface area contributed by atoms with Crippen molar-refractivity contribution in [3.05, 3.63) is 29.8 Å². The number of benzene rings is 1. The molecule has 3 N–H and O–H groups in total.